The second-order valence-electron chi connectivity index (χ2n) is 5.03. The molecule has 0 aliphatic carbocycles. The third kappa shape index (κ3) is 6.95. The van der Waals surface area contributed by atoms with Crippen LogP contribution < -0.4 is 0 Å². The SMILES string of the molecule is CCCCN(CCCC)CC(C)(C)N(Cl)Cl. The van der Waals surface area contributed by atoms with Crippen LogP contribution in [0.25, 0.3) is 0 Å². The molecule has 0 atom stereocenters. The van der Waals surface area contributed by atoms with Crippen LogP contribution in [0, 0.1) is 0 Å². The van der Waals surface area contributed by atoms with Gasteiger partial charge >= 0.3 is 0 Å². The van der Waals surface area contributed by atoms with Crippen LogP contribution in [0.1, 0.15) is 53.4 Å². The summed E-state index contributed by atoms with van der Waals surface area (Å²) in [6.45, 7) is 11.8. The Hall–Kier alpha value is 0.500. The van der Waals surface area contributed by atoms with Gasteiger partial charge in [-0.2, -0.15) is 0 Å². The molecule has 0 fully saturated rings. The molecule has 0 spiro atoms. The quantitative estimate of drug-likeness (QED) is 0.576. The number of unbranched alkanes of at least 4 members (excludes halogenated alkanes) is 2. The third-order valence-corrected chi connectivity index (χ3v) is 3.64. The molecule has 2 nitrogen and oxygen atoms in total. The van der Waals surface area contributed by atoms with Gasteiger partial charge in [-0.25, -0.2) is 0 Å². The van der Waals surface area contributed by atoms with Crippen molar-refractivity contribution in [3.8, 4) is 0 Å². The summed E-state index contributed by atoms with van der Waals surface area (Å²) in [6, 6.07) is 0. The first-order valence-electron chi connectivity index (χ1n) is 6.28. The highest BCUT2D eigenvalue weighted by atomic mass is 35.5. The molecule has 0 amide bonds. The maximum absolute atomic E-state index is 5.85. The molecule has 16 heavy (non-hydrogen) atoms. The van der Waals surface area contributed by atoms with Crippen molar-refractivity contribution in [3.05, 3.63) is 0 Å². The molecule has 0 saturated carbocycles. The lowest BCUT2D eigenvalue weighted by Gasteiger charge is -2.34. The van der Waals surface area contributed by atoms with E-state index >= 15 is 0 Å². The van der Waals surface area contributed by atoms with E-state index in [2.05, 4.69) is 32.6 Å². The predicted octanol–water partition coefficient (Wildman–Crippen LogP) is 4.28. The Morgan fingerprint density at radius 2 is 1.38 bits per heavy atom. The Labute approximate surface area is 111 Å². The Balaban J connectivity index is 4.17. The fourth-order valence-electron chi connectivity index (χ4n) is 1.63. The summed E-state index contributed by atoms with van der Waals surface area (Å²) in [5.41, 5.74) is -0.190. The van der Waals surface area contributed by atoms with Crippen LogP contribution in [-0.2, 0) is 0 Å². The summed E-state index contributed by atoms with van der Waals surface area (Å²) < 4.78 is 1.28. The van der Waals surface area contributed by atoms with Gasteiger partial charge in [0.05, 0.1) is 5.54 Å². The maximum atomic E-state index is 5.85. The zero-order chi connectivity index (χ0) is 12.6. The summed E-state index contributed by atoms with van der Waals surface area (Å²) in [6.07, 6.45) is 4.94. The zero-order valence-electron chi connectivity index (χ0n) is 11.1. The molecule has 0 aromatic rings. The molecule has 0 saturated heterocycles. The van der Waals surface area contributed by atoms with E-state index in [-0.39, 0.29) is 5.54 Å². The summed E-state index contributed by atoms with van der Waals surface area (Å²) in [5.74, 6) is 0. The van der Waals surface area contributed by atoms with Gasteiger partial charge in [-0.1, -0.05) is 26.7 Å². The largest absolute Gasteiger partial charge is 0.301 e. The Morgan fingerprint density at radius 3 is 1.69 bits per heavy atom. The molecule has 0 unspecified atom stereocenters. The van der Waals surface area contributed by atoms with E-state index in [9.17, 15) is 0 Å². The average Bonchev–Trinajstić information content (AvgIpc) is 2.21. The van der Waals surface area contributed by atoms with Gasteiger partial charge in [-0.3, -0.25) is 0 Å². The van der Waals surface area contributed by atoms with Crippen molar-refractivity contribution in [2.45, 2.75) is 58.9 Å². The zero-order valence-corrected chi connectivity index (χ0v) is 12.6. The Bertz CT molecular complexity index is 164. The highest BCUT2D eigenvalue weighted by Crippen LogP contribution is 2.21. The molecule has 0 aromatic carbocycles. The van der Waals surface area contributed by atoms with Crippen molar-refractivity contribution < 1.29 is 0 Å². The number of hydrogen-bond acceptors (Lipinski definition) is 2. The monoisotopic (exact) mass is 268 g/mol. The molecule has 0 radical (unpaired) electrons. The van der Waals surface area contributed by atoms with Crippen LogP contribution in [0.5, 0.6) is 0 Å². The van der Waals surface area contributed by atoms with Gasteiger partial charge in [0, 0.05) is 6.54 Å². The van der Waals surface area contributed by atoms with Gasteiger partial charge in [0.15, 0.2) is 0 Å². The molecular weight excluding hydrogens is 243 g/mol. The van der Waals surface area contributed by atoms with Gasteiger partial charge in [0.1, 0.15) is 0 Å². The topological polar surface area (TPSA) is 6.48 Å². The number of nitrogens with zero attached hydrogens (tertiary/aromatic N) is 2. The van der Waals surface area contributed by atoms with E-state index in [4.69, 9.17) is 23.6 Å². The summed E-state index contributed by atoms with van der Waals surface area (Å²) in [5, 5.41) is 0. The summed E-state index contributed by atoms with van der Waals surface area (Å²) in [4.78, 5) is 2.46. The molecule has 0 aliphatic rings. The van der Waals surface area contributed by atoms with E-state index in [1.54, 1.807) is 0 Å². The molecular formula is C12H26Cl2N2. The van der Waals surface area contributed by atoms with E-state index in [1.807, 2.05) is 0 Å². The van der Waals surface area contributed by atoms with Crippen LogP contribution in [0.15, 0.2) is 0 Å². The van der Waals surface area contributed by atoms with Gasteiger partial charge < -0.3 is 4.90 Å². The second-order valence-corrected chi connectivity index (χ2v) is 5.88. The van der Waals surface area contributed by atoms with Gasteiger partial charge in [0.25, 0.3) is 0 Å². The average molecular weight is 269 g/mol. The van der Waals surface area contributed by atoms with Crippen molar-refractivity contribution in [1.82, 2.24) is 8.84 Å². The first-order valence-corrected chi connectivity index (χ1v) is 6.95. The molecule has 0 aromatic heterocycles. The Kier molecular flexibility index (Phi) is 8.84. The highest BCUT2D eigenvalue weighted by Gasteiger charge is 2.26. The molecule has 98 valence electrons. The fourth-order valence-corrected chi connectivity index (χ4v) is 1.74. The molecule has 0 heterocycles. The minimum atomic E-state index is -0.190. The maximum Gasteiger partial charge on any atom is 0.0596 e. The first kappa shape index (κ1) is 16.5. The number of halogens is 2. The van der Waals surface area contributed by atoms with Crippen LogP contribution in [0.2, 0.25) is 0 Å². The van der Waals surface area contributed by atoms with Crippen LogP contribution in [-0.4, -0.2) is 34.0 Å². The lowest BCUT2D eigenvalue weighted by Crippen LogP contribution is -2.45. The van der Waals surface area contributed by atoms with Crippen LogP contribution >= 0.6 is 23.6 Å². The van der Waals surface area contributed by atoms with Crippen molar-refractivity contribution in [2.24, 2.45) is 0 Å². The van der Waals surface area contributed by atoms with Crippen molar-refractivity contribution in [1.29, 1.82) is 0 Å². The first-order chi connectivity index (χ1) is 7.44. The smallest absolute Gasteiger partial charge is 0.0596 e. The highest BCUT2D eigenvalue weighted by molar-refractivity contribution is 6.34. The van der Waals surface area contributed by atoms with Gasteiger partial charge in [-0.15, -0.1) is 3.94 Å². The minimum Gasteiger partial charge on any atom is -0.301 e. The third-order valence-electron chi connectivity index (χ3n) is 2.72. The normalized spacial score (nSPS) is 12.8. The fraction of sp³-hybridized carbons (Fsp3) is 1.00. The molecule has 0 bridgehead atoms. The van der Waals surface area contributed by atoms with Crippen molar-refractivity contribution >= 4 is 23.6 Å². The minimum absolute atomic E-state index is 0.190. The number of rotatable bonds is 9. The van der Waals surface area contributed by atoms with E-state index < -0.39 is 0 Å². The summed E-state index contributed by atoms with van der Waals surface area (Å²) >= 11 is 11.7. The van der Waals surface area contributed by atoms with Gasteiger partial charge in [0.2, 0.25) is 0 Å². The molecule has 0 rings (SSSR count). The van der Waals surface area contributed by atoms with Crippen LogP contribution in [0.3, 0.4) is 0 Å². The molecule has 4 heteroatoms. The summed E-state index contributed by atoms with van der Waals surface area (Å²) in [7, 11) is 0. The van der Waals surface area contributed by atoms with Crippen molar-refractivity contribution in [2.75, 3.05) is 19.6 Å². The predicted molar refractivity (Wildman–Crippen MR) is 73.9 cm³/mol. The van der Waals surface area contributed by atoms with E-state index in [1.165, 1.54) is 29.6 Å². The molecule has 0 aliphatic heterocycles. The van der Waals surface area contributed by atoms with E-state index in [0.717, 1.165) is 19.6 Å². The number of hydrogen-bond donors (Lipinski definition) is 0. The molecule has 0 N–H and O–H groups in total. The lowest BCUT2D eigenvalue weighted by molar-refractivity contribution is 0.180. The van der Waals surface area contributed by atoms with Gasteiger partial charge in [-0.05, 0) is 63.3 Å². The van der Waals surface area contributed by atoms with Crippen molar-refractivity contribution in [3.63, 3.8) is 0 Å². The standard InChI is InChI=1S/C12H26Cl2N2/c1-5-7-9-15(10-8-6-2)11-12(3,4)16(13)14/h5-11H2,1-4H3. The lowest BCUT2D eigenvalue weighted by atomic mass is 10.1. The van der Waals surface area contributed by atoms with E-state index in [0.29, 0.717) is 0 Å². The van der Waals surface area contributed by atoms with Crippen LogP contribution in [0.4, 0.5) is 0 Å². The second kappa shape index (κ2) is 8.57. The Morgan fingerprint density at radius 1 is 0.938 bits per heavy atom.